The van der Waals surface area contributed by atoms with E-state index in [0.717, 1.165) is 36.9 Å². The zero-order valence-electron chi connectivity index (χ0n) is 13.8. The van der Waals surface area contributed by atoms with E-state index in [1.165, 1.54) is 0 Å². The van der Waals surface area contributed by atoms with Crippen molar-refractivity contribution in [1.82, 2.24) is 15.0 Å². The Hall–Kier alpha value is -1.92. The predicted molar refractivity (Wildman–Crippen MR) is 93.5 cm³/mol. The van der Waals surface area contributed by atoms with Crippen LogP contribution in [0.4, 0.5) is 0 Å². The summed E-state index contributed by atoms with van der Waals surface area (Å²) in [7, 11) is 0. The van der Waals surface area contributed by atoms with E-state index in [2.05, 4.69) is 10.1 Å². The summed E-state index contributed by atoms with van der Waals surface area (Å²) in [5.41, 5.74) is 7.56. The molecule has 6 nitrogen and oxygen atoms in total. The molecule has 3 rings (SSSR count). The molecule has 1 atom stereocenters. The summed E-state index contributed by atoms with van der Waals surface area (Å²) in [6.07, 6.45) is 3.47. The minimum Gasteiger partial charge on any atom is -0.337 e. The highest BCUT2D eigenvalue weighted by atomic mass is 35.5. The second kappa shape index (κ2) is 8.26. The Bertz CT molecular complexity index is 671. The molecule has 1 aliphatic rings. The molecule has 0 spiro atoms. The van der Waals surface area contributed by atoms with Gasteiger partial charge in [-0.3, -0.25) is 4.79 Å². The van der Waals surface area contributed by atoms with E-state index in [9.17, 15) is 4.79 Å². The molecule has 0 aliphatic carbocycles. The van der Waals surface area contributed by atoms with Crippen LogP contribution in [0.25, 0.3) is 11.4 Å². The van der Waals surface area contributed by atoms with E-state index >= 15 is 0 Å². The Balaban J connectivity index is 0.00000208. The molecule has 2 aromatic rings. The van der Waals surface area contributed by atoms with Crippen LogP contribution in [0.3, 0.4) is 0 Å². The molecule has 1 unspecified atom stereocenters. The first-order valence-corrected chi connectivity index (χ1v) is 8.15. The van der Waals surface area contributed by atoms with Gasteiger partial charge in [-0.2, -0.15) is 4.98 Å². The summed E-state index contributed by atoms with van der Waals surface area (Å²) >= 11 is 0. The van der Waals surface area contributed by atoms with Crippen molar-refractivity contribution in [1.29, 1.82) is 0 Å². The summed E-state index contributed by atoms with van der Waals surface area (Å²) in [4.78, 5) is 18.5. The molecule has 24 heavy (non-hydrogen) atoms. The quantitative estimate of drug-likeness (QED) is 0.915. The second-order valence-corrected chi connectivity index (χ2v) is 5.81. The van der Waals surface area contributed by atoms with Gasteiger partial charge >= 0.3 is 0 Å². The van der Waals surface area contributed by atoms with Crippen molar-refractivity contribution < 1.29 is 9.32 Å². The summed E-state index contributed by atoms with van der Waals surface area (Å²) < 4.78 is 5.46. The SMILES string of the molecule is CCC(=O)N1CCCCC1c1nc(-c2ccc(CN)cc2)no1.Cl. The van der Waals surface area contributed by atoms with Crippen molar-refractivity contribution in [2.24, 2.45) is 5.73 Å². The maximum atomic E-state index is 12.1. The van der Waals surface area contributed by atoms with Gasteiger partial charge < -0.3 is 15.2 Å². The molecule has 1 amide bonds. The van der Waals surface area contributed by atoms with E-state index in [-0.39, 0.29) is 24.4 Å². The van der Waals surface area contributed by atoms with Crippen LogP contribution in [0, 0.1) is 0 Å². The van der Waals surface area contributed by atoms with Crippen LogP contribution < -0.4 is 5.73 Å². The minimum atomic E-state index is -0.0965. The fourth-order valence-electron chi connectivity index (χ4n) is 2.97. The third kappa shape index (κ3) is 3.76. The van der Waals surface area contributed by atoms with Crippen LogP contribution in [0.2, 0.25) is 0 Å². The lowest BCUT2D eigenvalue weighted by Crippen LogP contribution is -2.38. The van der Waals surface area contributed by atoms with E-state index < -0.39 is 0 Å². The Morgan fingerprint density at radius 2 is 2.08 bits per heavy atom. The Morgan fingerprint density at radius 1 is 1.33 bits per heavy atom. The van der Waals surface area contributed by atoms with Gasteiger partial charge in [-0.1, -0.05) is 36.3 Å². The van der Waals surface area contributed by atoms with Gasteiger partial charge in [0, 0.05) is 25.1 Å². The number of hydrogen-bond donors (Lipinski definition) is 1. The monoisotopic (exact) mass is 350 g/mol. The van der Waals surface area contributed by atoms with Gasteiger partial charge in [0.05, 0.1) is 0 Å². The van der Waals surface area contributed by atoms with Crippen molar-refractivity contribution in [3.63, 3.8) is 0 Å². The highest BCUT2D eigenvalue weighted by Crippen LogP contribution is 2.31. The molecular weight excluding hydrogens is 328 g/mol. The van der Waals surface area contributed by atoms with Gasteiger partial charge in [-0.15, -0.1) is 12.4 Å². The molecule has 1 saturated heterocycles. The zero-order valence-corrected chi connectivity index (χ0v) is 14.6. The number of benzene rings is 1. The maximum Gasteiger partial charge on any atom is 0.249 e. The third-order valence-corrected chi connectivity index (χ3v) is 4.30. The number of nitrogens with two attached hydrogens (primary N) is 1. The maximum absolute atomic E-state index is 12.1. The summed E-state index contributed by atoms with van der Waals surface area (Å²) in [5, 5.41) is 4.08. The molecular formula is C17H23ClN4O2. The molecule has 130 valence electrons. The van der Waals surface area contributed by atoms with Crippen molar-refractivity contribution >= 4 is 18.3 Å². The van der Waals surface area contributed by atoms with Gasteiger partial charge in [0.1, 0.15) is 6.04 Å². The molecule has 1 fully saturated rings. The number of nitrogens with zero attached hydrogens (tertiary/aromatic N) is 3. The van der Waals surface area contributed by atoms with Crippen LogP contribution in [0.1, 0.15) is 50.1 Å². The molecule has 0 radical (unpaired) electrons. The number of carbonyl (C=O) groups is 1. The predicted octanol–water partition coefficient (Wildman–Crippen LogP) is 3.08. The number of aromatic nitrogens is 2. The fraction of sp³-hybridized carbons (Fsp3) is 0.471. The lowest BCUT2D eigenvalue weighted by molar-refractivity contribution is -0.135. The van der Waals surface area contributed by atoms with Gasteiger partial charge in [0.2, 0.25) is 17.6 Å². The Morgan fingerprint density at radius 3 is 2.75 bits per heavy atom. The summed E-state index contributed by atoms with van der Waals surface area (Å²) in [6.45, 7) is 3.15. The van der Waals surface area contributed by atoms with Crippen molar-refractivity contribution in [2.75, 3.05) is 6.54 Å². The van der Waals surface area contributed by atoms with E-state index in [4.69, 9.17) is 10.3 Å². The third-order valence-electron chi connectivity index (χ3n) is 4.30. The van der Waals surface area contributed by atoms with Gasteiger partial charge in [-0.25, -0.2) is 0 Å². The highest BCUT2D eigenvalue weighted by molar-refractivity contribution is 5.85. The number of amides is 1. The van der Waals surface area contributed by atoms with Crippen molar-refractivity contribution in [3.05, 3.63) is 35.7 Å². The Labute approximate surface area is 147 Å². The molecule has 1 aliphatic heterocycles. The van der Waals surface area contributed by atoms with Crippen LogP contribution in [-0.4, -0.2) is 27.5 Å². The molecule has 2 N–H and O–H groups in total. The van der Waals surface area contributed by atoms with E-state index in [1.54, 1.807) is 0 Å². The van der Waals surface area contributed by atoms with Gasteiger partial charge in [0.25, 0.3) is 0 Å². The smallest absolute Gasteiger partial charge is 0.249 e. The first-order valence-electron chi connectivity index (χ1n) is 8.15. The van der Waals surface area contributed by atoms with E-state index in [1.807, 2.05) is 36.1 Å². The molecule has 1 aromatic carbocycles. The number of likely N-dealkylation sites (tertiary alicyclic amines) is 1. The fourth-order valence-corrected chi connectivity index (χ4v) is 2.97. The average Bonchev–Trinajstić information content (AvgIpc) is 3.11. The number of rotatable bonds is 4. The second-order valence-electron chi connectivity index (χ2n) is 5.81. The molecule has 2 heterocycles. The number of piperidine rings is 1. The number of carbonyl (C=O) groups excluding carboxylic acids is 1. The first-order chi connectivity index (χ1) is 11.2. The standard InChI is InChI=1S/C17H22N4O2.ClH/c1-2-15(22)21-10-4-3-5-14(21)17-19-16(20-23-17)13-8-6-12(11-18)7-9-13;/h6-9,14H,2-5,10-11,18H2,1H3;1H. The topological polar surface area (TPSA) is 85.2 Å². The lowest BCUT2D eigenvalue weighted by Gasteiger charge is -2.33. The van der Waals surface area contributed by atoms with Crippen LogP contribution >= 0.6 is 12.4 Å². The highest BCUT2D eigenvalue weighted by Gasteiger charge is 2.31. The zero-order chi connectivity index (χ0) is 16.2. The summed E-state index contributed by atoms with van der Waals surface area (Å²) in [6, 6.07) is 7.69. The van der Waals surface area contributed by atoms with Crippen LogP contribution in [0.5, 0.6) is 0 Å². The summed E-state index contributed by atoms with van der Waals surface area (Å²) in [5.74, 6) is 1.23. The molecule has 0 bridgehead atoms. The van der Waals surface area contributed by atoms with Crippen molar-refractivity contribution in [2.45, 2.75) is 45.2 Å². The first kappa shape index (κ1) is 18.4. The minimum absolute atomic E-state index is 0. The van der Waals surface area contributed by atoms with Gasteiger partial charge in [0.15, 0.2) is 0 Å². The van der Waals surface area contributed by atoms with Gasteiger partial charge in [-0.05, 0) is 24.8 Å². The molecule has 1 aromatic heterocycles. The largest absolute Gasteiger partial charge is 0.337 e. The van der Waals surface area contributed by atoms with Crippen molar-refractivity contribution in [3.8, 4) is 11.4 Å². The van der Waals surface area contributed by atoms with Crippen LogP contribution in [-0.2, 0) is 11.3 Å². The number of hydrogen-bond acceptors (Lipinski definition) is 5. The van der Waals surface area contributed by atoms with E-state index in [0.29, 0.717) is 24.7 Å². The van der Waals surface area contributed by atoms with Crippen LogP contribution in [0.15, 0.2) is 28.8 Å². The lowest BCUT2D eigenvalue weighted by atomic mass is 10.0. The average molecular weight is 351 g/mol. The normalized spacial score (nSPS) is 17.4. The molecule has 0 saturated carbocycles. The Kier molecular flexibility index (Phi) is 6.34. The number of halogens is 1. The molecule has 7 heteroatoms.